The Bertz CT molecular complexity index is 745. The predicted octanol–water partition coefficient (Wildman–Crippen LogP) is 4.47. The third kappa shape index (κ3) is 6.05. The predicted molar refractivity (Wildman–Crippen MR) is 113 cm³/mol. The van der Waals surface area contributed by atoms with Gasteiger partial charge in [-0.1, -0.05) is 0 Å². The molecule has 0 bridgehead atoms. The van der Waals surface area contributed by atoms with Crippen molar-refractivity contribution in [2.24, 2.45) is 5.92 Å². The molecule has 1 aliphatic heterocycles. The molecule has 3 rings (SSSR count). The lowest BCUT2D eigenvalue weighted by atomic mass is 9.78. The molecule has 3 atom stereocenters. The molecule has 6 heteroatoms. The van der Waals surface area contributed by atoms with Gasteiger partial charge in [-0.05, 0) is 83.1 Å². The Morgan fingerprint density at radius 3 is 2.70 bits per heavy atom. The average Bonchev–Trinajstić information content (AvgIpc) is 2.71. The first kappa shape index (κ1) is 22.8. The molecule has 1 saturated heterocycles. The number of hydrogen-bond donors (Lipinski definition) is 0. The van der Waals surface area contributed by atoms with Crippen molar-refractivity contribution in [3.8, 4) is 5.75 Å². The van der Waals surface area contributed by atoms with Crippen LogP contribution in [0.2, 0.25) is 0 Å². The summed E-state index contributed by atoms with van der Waals surface area (Å²) in [6.07, 6.45) is 4.33. The molecule has 0 spiro atoms. The first-order valence-electron chi connectivity index (χ1n) is 11.0. The van der Waals surface area contributed by atoms with Crippen LogP contribution in [0.15, 0.2) is 18.2 Å². The summed E-state index contributed by atoms with van der Waals surface area (Å²) in [7, 11) is 1.62. The van der Waals surface area contributed by atoms with E-state index in [-0.39, 0.29) is 36.5 Å². The molecule has 1 fully saturated rings. The molecule has 1 heterocycles. The normalized spacial score (nSPS) is 22.9. The van der Waals surface area contributed by atoms with E-state index in [1.807, 2.05) is 39.0 Å². The molecule has 1 aromatic carbocycles. The fraction of sp³-hybridized carbons (Fsp3) is 0.667. The van der Waals surface area contributed by atoms with Gasteiger partial charge in [-0.2, -0.15) is 0 Å². The first-order valence-corrected chi connectivity index (χ1v) is 11.0. The van der Waals surface area contributed by atoms with Crippen molar-refractivity contribution >= 4 is 11.8 Å². The van der Waals surface area contributed by atoms with Crippen LogP contribution >= 0.6 is 0 Å². The molecule has 3 unspecified atom stereocenters. The Morgan fingerprint density at radius 1 is 1.23 bits per heavy atom. The molecule has 2 aliphatic rings. The third-order valence-corrected chi connectivity index (χ3v) is 5.61. The Hall–Kier alpha value is -1.92. The second-order valence-electron chi connectivity index (χ2n) is 9.13. The maximum absolute atomic E-state index is 13.3. The number of methoxy groups -OCH3 is 1. The SMILES string of the molecule is COc1ccc2c(c1)CCC(C(CCC(=O)OC(C)(C)C)OC1CCCCO1)C2=O. The number of carbonyl (C=O) groups excluding carboxylic acids is 2. The molecule has 1 aromatic rings. The fourth-order valence-corrected chi connectivity index (χ4v) is 4.17. The van der Waals surface area contributed by atoms with Crippen LogP contribution < -0.4 is 4.74 Å². The maximum atomic E-state index is 13.3. The Kier molecular flexibility index (Phi) is 7.53. The summed E-state index contributed by atoms with van der Waals surface area (Å²) in [6.45, 7) is 6.23. The second-order valence-corrected chi connectivity index (χ2v) is 9.13. The lowest BCUT2D eigenvalue weighted by Crippen LogP contribution is -2.39. The fourth-order valence-electron chi connectivity index (χ4n) is 4.17. The zero-order chi connectivity index (χ0) is 21.7. The molecule has 0 aromatic heterocycles. The van der Waals surface area contributed by atoms with E-state index in [2.05, 4.69) is 0 Å². The number of hydrogen-bond acceptors (Lipinski definition) is 6. The van der Waals surface area contributed by atoms with Gasteiger partial charge in [0, 0.05) is 24.5 Å². The zero-order valence-corrected chi connectivity index (χ0v) is 18.6. The monoisotopic (exact) mass is 418 g/mol. The van der Waals surface area contributed by atoms with E-state index in [1.165, 1.54) is 0 Å². The molecule has 0 amide bonds. The third-order valence-electron chi connectivity index (χ3n) is 5.61. The highest BCUT2D eigenvalue weighted by atomic mass is 16.7. The number of benzene rings is 1. The summed E-state index contributed by atoms with van der Waals surface area (Å²) in [5.74, 6) is 0.269. The van der Waals surface area contributed by atoms with Gasteiger partial charge in [-0.15, -0.1) is 0 Å². The van der Waals surface area contributed by atoms with Crippen LogP contribution in [-0.4, -0.2) is 43.5 Å². The number of ketones is 1. The van der Waals surface area contributed by atoms with Crippen molar-refractivity contribution < 1.29 is 28.5 Å². The van der Waals surface area contributed by atoms with Gasteiger partial charge >= 0.3 is 5.97 Å². The van der Waals surface area contributed by atoms with E-state index in [4.69, 9.17) is 18.9 Å². The average molecular weight is 419 g/mol. The molecule has 0 saturated carbocycles. The van der Waals surface area contributed by atoms with Crippen molar-refractivity contribution in [2.45, 2.75) is 83.7 Å². The summed E-state index contributed by atoms with van der Waals surface area (Å²) in [6, 6.07) is 5.59. The van der Waals surface area contributed by atoms with Crippen LogP contribution in [0.1, 0.15) is 75.2 Å². The van der Waals surface area contributed by atoms with Crippen LogP contribution in [0.5, 0.6) is 5.75 Å². The smallest absolute Gasteiger partial charge is 0.306 e. The molecular weight excluding hydrogens is 384 g/mol. The number of rotatable bonds is 7. The number of esters is 1. The van der Waals surface area contributed by atoms with Gasteiger partial charge in [0.25, 0.3) is 0 Å². The first-order chi connectivity index (χ1) is 14.3. The van der Waals surface area contributed by atoms with E-state index in [0.717, 1.165) is 42.6 Å². The highest BCUT2D eigenvalue weighted by Crippen LogP contribution is 2.34. The van der Waals surface area contributed by atoms with Crippen molar-refractivity contribution in [3.63, 3.8) is 0 Å². The lowest BCUT2D eigenvalue weighted by Gasteiger charge is -2.34. The zero-order valence-electron chi connectivity index (χ0n) is 18.6. The highest BCUT2D eigenvalue weighted by Gasteiger charge is 2.36. The van der Waals surface area contributed by atoms with Gasteiger partial charge in [0.1, 0.15) is 11.4 Å². The number of aryl methyl sites for hydroxylation is 1. The topological polar surface area (TPSA) is 71.1 Å². The summed E-state index contributed by atoms with van der Waals surface area (Å²) in [5.41, 5.74) is 1.20. The molecule has 0 N–H and O–H groups in total. The molecular formula is C24H34O6. The minimum atomic E-state index is -0.529. The lowest BCUT2D eigenvalue weighted by molar-refractivity contribution is -0.198. The summed E-state index contributed by atoms with van der Waals surface area (Å²) in [5, 5.41) is 0. The molecule has 1 aliphatic carbocycles. The van der Waals surface area contributed by atoms with Gasteiger partial charge < -0.3 is 18.9 Å². The van der Waals surface area contributed by atoms with Crippen LogP contribution in [0, 0.1) is 5.92 Å². The van der Waals surface area contributed by atoms with Crippen molar-refractivity contribution in [2.75, 3.05) is 13.7 Å². The number of Topliss-reactive ketones (excluding diaryl/α,β-unsaturated/α-hetero) is 1. The van der Waals surface area contributed by atoms with E-state index in [9.17, 15) is 9.59 Å². The Labute approximate surface area is 179 Å². The Balaban J connectivity index is 1.73. The number of ether oxygens (including phenoxy) is 4. The van der Waals surface area contributed by atoms with E-state index in [1.54, 1.807) is 7.11 Å². The highest BCUT2D eigenvalue weighted by molar-refractivity contribution is 6.00. The van der Waals surface area contributed by atoms with Crippen LogP contribution in [-0.2, 0) is 25.4 Å². The minimum absolute atomic E-state index is 0.0731. The van der Waals surface area contributed by atoms with E-state index in [0.29, 0.717) is 19.4 Å². The molecule has 6 nitrogen and oxygen atoms in total. The van der Waals surface area contributed by atoms with Gasteiger partial charge in [0.2, 0.25) is 0 Å². The minimum Gasteiger partial charge on any atom is -0.497 e. The van der Waals surface area contributed by atoms with E-state index < -0.39 is 5.60 Å². The van der Waals surface area contributed by atoms with Gasteiger partial charge in [0.15, 0.2) is 12.1 Å². The van der Waals surface area contributed by atoms with Crippen LogP contribution in [0.25, 0.3) is 0 Å². The van der Waals surface area contributed by atoms with Crippen molar-refractivity contribution in [3.05, 3.63) is 29.3 Å². The van der Waals surface area contributed by atoms with Crippen molar-refractivity contribution in [1.29, 1.82) is 0 Å². The number of carbonyl (C=O) groups is 2. The summed E-state index contributed by atoms with van der Waals surface area (Å²) >= 11 is 0. The quantitative estimate of drug-likeness (QED) is 0.608. The van der Waals surface area contributed by atoms with Gasteiger partial charge in [0.05, 0.1) is 13.2 Å². The van der Waals surface area contributed by atoms with Crippen LogP contribution in [0.3, 0.4) is 0 Å². The van der Waals surface area contributed by atoms with Gasteiger partial charge in [-0.3, -0.25) is 9.59 Å². The summed E-state index contributed by atoms with van der Waals surface area (Å²) in [4.78, 5) is 25.6. The Morgan fingerprint density at radius 2 is 2.03 bits per heavy atom. The standard InChI is InChI=1S/C24H34O6/c1-24(2,3)30-21(25)13-12-20(29-22-7-5-6-14-28-22)19-10-8-16-15-17(27-4)9-11-18(16)23(19)26/h9,11,15,19-20,22H,5-8,10,12-14H2,1-4H3. The second kappa shape index (κ2) is 9.92. The van der Waals surface area contributed by atoms with Gasteiger partial charge in [-0.25, -0.2) is 0 Å². The maximum Gasteiger partial charge on any atom is 0.306 e. The largest absolute Gasteiger partial charge is 0.497 e. The summed E-state index contributed by atoms with van der Waals surface area (Å²) < 4.78 is 22.8. The molecule has 30 heavy (non-hydrogen) atoms. The number of fused-ring (bicyclic) bond motifs is 1. The van der Waals surface area contributed by atoms with E-state index >= 15 is 0 Å². The van der Waals surface area contributed by atoms with Crippen LogP contribution in [0.4, 0.5) is 0 Å². The molecule has 166 valence electrons. The van der Waals surface area contributed by atoms with Crippen molar-refractivity contribution in [1.82, 2.24) is 0 Å². The molecule has 0 radical (unpaired) electrons.